The second-order valence-corrected chi connectivity index (χ2v) is 5.60. The Hall–Kier alpha value is -2.56. The first-order valence-corrected chi connectivity index (χ1v) is 7.51. The number of anilines is 1. The van der Waals surface area contributed by atoms with Gasteiger partial charge in [-0.3, -0.25) is 4.79 Å². The second-order valence-electron chi connectivity index (χ2n) is 5.60. The SMILES string of the molecule is Cc1cc(C(=O)OCC(=O)N(c2ccccc2)C(C)C)c(C)o1. The van der Waals surface area contributed by atoms with Gasteiger partial charge in [-0.25, -0.2) is 4.79 Å². The van der Waals surface area contributed by atoms with Gasteiger partial charge in [-0.05, 0) is 45.9 Å². The van der Waals surface area contributed by atoms with E-state index in [1.54, 1.807) is 24.8 Å². The van der Waals surface area contributed by atoms with E-state index in [2.05, 4.69) is 0 Å². The fourth-order valence-corrected chi connectivity index (χ4v) is 2.43. The van der Waals surface area contributed by atoms with Crippen molar-refractivity contribution in [1.29, 1.82) is 0 Å². The average molecular weight is 315 g/mol. The van der Waals surface area contributed by atoms with Crippen LogP contribution in [0.5, 0.6) is 0 Å². The first-order chi connectivity index (χ1) is 10.9. The van der Waals surface area contributed by atoms with Crippen LogP contribution in [0.4, 0.5) is 5.69 Å². The van der Waals surface area contributed by atoms with Crippen molar-refractivity contribution in [2.24, 2.45) is 0 Å². The van der Waals surface area contributed by atoms with Crippen LogP contribution in [0.3, 0.4) is 0 Å². The van der Waals surface area contributed by atoms with Gasteiger partial charge in [-0.15, -0.1) is 0 Å². The van der Waals surface area contributed by atoms with Crippen molar-refractivity contribution in [1.82, 2.24) is 0 Å². The number of benzene rings is 1. The number of nitrogens with zero attached hydrogens (tertiary/aromatic N) is 1. The molecule has 0 aliphatic heterocycles. The molecule has 0 unspecified atom stereocenters. The molecular formula is C18H21NO4. The number of para-hydroxylation sites is 1. The Morgan fingerprint density at radius 3 is 2.35 bits per heavy atom. The molecule has 23 heavy (non-hydrogen) atoms. The Labute approximate surface area is 135 Å². The summed E-state index contributed by atoms with van der Waals surface area (Å²) in [6.07, 6.45) is 0. The lowest BCUT2D eigenvalue weighted by Gasteiger charge is -2.26. The molecule has 0 aliphatic rings. The van der Waals surface area contributed by atoms with Crippen LogP contribution < -0.4 is 4.90 Å². The topological polar surface area (TPSA) is 59.8 Å². The number of esters is 1. The maximum absolute atomic E-state index is 12.4. The highest BCUT2D eigenvalue weighted by Gasteiger charge is 2.22. The molecule has 0 saturated carbocycles. The predicted molar refractivity (Wildman–Crippen MR) is 87.5 cm³/mol. The Kier molecular flexibility index (Phi) is 5.21. The van der Waals surface area contributed by atoms with Crippen LogP contribution in [0.1, 0.15) is 35.7 Å². The normalized spacial score (nSPS) is 10.7. The first-order valence-electron chi connectivity index (χ1n) is 7.51. The van der Waals surface area contributed by atoms with Gasteiger partial charge in [0.1, 0.15) is 17.1 Å². The molecule has 1 aromatic heterocycles. The van der Waals surface area contributed by atoms with Gasteiger partial charge in [0.15, 0.2) is 6.61 Å². The van der Waals surface area contributed by atoms with E-state index in [9.17, 15) is 9.59 Å². The fourth-order valence-electron chi connectivity index (χ4n) is 2.43. The summed E-state index contributed by atoms with van der Waals surface area (Å²) in [6, 6.07) is 10.9. The van der Waals surface area contributed by atoms with E-state index >= 15 is 0 Å². The molecule has 2 rings (SSSR count). The minimum Gasteiger partial charge on any atom is -0.466 e. The molecular weight excluding hydrogens is 294 g/mol. The van der Waals surface area contributed by atoms with Gasteiger partial charge in [0.25, 0.3) is 5.91 Å². The Balaban J connectivity index is 2.05. The molecule has 1 heterocycles. The largest absolute Gasteiger partial charge is 0.466 e. The summed E-state index contributed by atoms with van der Waals surface area (Å²) in [6.45, 7) is 6.96. The van der Waals surface area contributed by atoms with E-state index in [1.165, 1.54) is 0 Å². The zero-order valence-corrected chi connectivity index (χ0v) is 13.8. The lowest BCUT2D eigenvalue weighted by molar-refractivity contribution is -0.122. The van der Waals surface area contributed by atoms with E-state index < -0.39 is 5.97 Å². The first kappa shape index (κ1) is 16.8. The van der Waals surface area contributed by atoms with Gasteiger partial charge >= 0.3 is 5.97 Å². The van der Waals surface area contributed by atoms with Crippen LogP contribution in [0.25, 0.3) is 0 Å². The molecule has 122 valence electrons. The highest BCUT2D eigenvalue weighted by molar-refractivity contribution is 5.97. The maximum atomic E-state index is 12.4. The molecule has 0 atom stereocenters. The summed E-state index contributed by atoms with van der Waals surface area (Å²) in [4.78, 5) is 26.1. The maximum Gasteiger partial charge on any atom is 0.342 e. The zero-order chi connectivity index (χ0) is 17.0. The number of hydrogen-bond acceptors (Lipinski definition) is 4. The molecule has 1 amide bonds. The number of hydrogen-bond donors (Lipinski definition) is 0. The van der Waals surface area contributed by atoms with Crippen LogP contribution in [-0.4, -0.2) is 24.5 Å². The highest BCUT2D eigenvalue weighted by atomic mass is 16.5. The molecule has 0 spiro atoms. The number of aryl methyl sites for hydroxylation is 2. The summed E-state index contributed by atoms with van der Waals surface area (Å²) in [7, 11) is 0. The van der Waals surface area contributed by atoms with Crippen LogP contribution in [0.2, 0.25) is 0 Å². The van der Waals surface area contributed by atoms with Gasteiger partial charge in [-0.1, -0.05) is 18.2 Å². The van der Waals surface area contributed by atoms with Crippen molar-refractivity contribution < 1.29 is 18.7 Å². The van der Waals surface area contributed by atoms with E-state index in [1.807, 2.05) is 44.2 Å². The smallest absolute Gasteiger partial charge is 0.342 e. The lowest BCUT2D eigenvalue weighted by Crippen LogP contribution is -2.39. The van der Waals surface area contributed by atoms with Gasteiger partial charge in [0.2, 0.25) is 0 Å². The minimum atomic E-state index is -0.551. The molecule has 2 aromatic rings. The molecule has 0 N–H and O–H groups in total. The predicted octanol–water partition coefficient (Wildman–Crippen LogP) is 3.49. The summed E-state index contributed by atoms with van der Waals surface area (Å²) >= 11 is 0. The van der Waals surface area contributed by atoms with Crippen LogP contribution >= 0.6 is 0 Å². The van der Waals surface area contributed by atoms with Crippen LogP contribution in [0.15, 0.2) is 40.8 Å². The molecule has 5 heteroatoms. The average Bonchev–Trinajstić information content (AvgIpc) is 2.84. The number of carbonyl (C=O) groups is 2. The van der Waals surface area contributed by atoms with Crippen LogP contribution in [0, 0.1) is 13.8 Å². The molecule has 0 aliphatic carbocycles. The molecule has 0 fully saturated rings. The van der Waals surface area contributed by atoms with E-state index in [-0.39, 0.29) is 18.6 Å². The van der Waals surface area contributed by atoms with Crippen molar-refractivity contribution in [2.45, 2.75) is 33.7 Å². The highest BCUT2D eigenvalue weighted by Crippen LogP contribution is 2.18. The Morgan fingerprint density at radius 2 is 1.83 bits per heavy atom. The van der Waals surface area contributed by atoms with E-state index in [4.69, 9.17) is 9.15 Å². The summed E-state index contributed by atoms with van der Waals surface area (Å²) in [5, 5.41) is 0. The monoisotopic (exact) mass is 315 g/mol. The van der Waals surface area contributed by atoms with Crippen molar-refractivity contribution in [3.05, 3.63) is 53.5 Å². The fraction of sp³-hybridized carbons (Fsp3) is 0.333. The van der Waals surface area contributed by atoms with Crippen molar-refractivity contribution in [2.75, 3.05) is 11.5 Å². The number of furan rings is 1. The molecule has 0 saturated heterocycles. The third-order valence-electron chi connectivity index (χ3n) is 3.41. The number of ether oxygens (including phenoxy) is 1. The molecule has 0 bridgehead atoms. The lowest BCUT2D eigenvalue weighted by atomic mass is 10.2. The third-order valence-corrected chi connectivity index (χ3v) is 3.41. The molecule has 1 aromatic carbocycles. The summed E-state index contributed by atoms with van der Waals surface area (Å²) in [5.74, 6) is 0.305. The minimum absolute atomic E-state index is 0.0403. The summed E-state index contributed by atoms with van der Waals surface area (Å²) < 4.78 is 10.4. The van der Waals surface area contributed by atoms with E-state index in [0.29, 0.717) is 17.1 Å². The van der Waals surface area contributed by atoms with Crippen molar-refractivity contribution >= 4 is 17.6 Å². The molecule has 5 nitrogen and oxygen atoms in total. The van der Waals surface area contributed by atoms with Gasteiger partial charge in [-0.2, -0.15) is 0 Å². The Morgan fingerprint density at radius 1 is 1.17 bits per heavy atom. The number of carbonyl (C=O) groups excluding carboxylic acids is 2. The van der Waals surface area contributed by atoms with E-state index in [0.717, 1.165) is 5.69 Å². The Bertz CT molecular complexity index is 688. The third kappa shape index (κ3) is 4.00. The standard InChI is InChI=1S/C18H21NO4/c1-12(2)19(15-8-6-5-7-9-15)17(20)11-22-18(21)16-10-13(3)23-14(16)4/h5-10,12H,11H2,1-4H3. The number of amides is 1. The second kappa shape index (κ2) is 7.13. The van der Waals surface area contributed by atoms with Crippen molar-refractivity contribution in [3.63, 3.8) is 0 Å². The van der Waals surface area contributed by atoms with Crippen molar-refractivity contribution in [3.8, 4) is 0 Å². The zero-order valence-electron chi connectivity index (χ0n) is 13.8. The quantitative estimate of drug-likeness (QED) is 0.792. The van der Waals surface area contributed by atoms with Gasteiger partial charge in [0.05, 0.1) is 0 Å². The summed E-state index contributed by atoms with van der Waals surface area (Å²) in [5.41, 5.74) is 1.13. The molecule has 0 radical (unpaired) electrons. The number of rotatable bonds is 5. The van der Waals surface area contributed by atoms with Gasteiger partial charge in [0, 0.05) is 11.7 Å². The van der Waals surface area contributed by atoms with Crippen LogP contribution in [-0.2, 0) is 9.53 Å². The van der Waals surface area contributed by atoms with Gasteiger partial charge < -0.3 is 14.1 Å².